The molecule has 1 aliphatic heterocycles. The summed E-state index contributed by atoms with van der Waals surface area (Å²) in [6, 6.07) is 4.80. The smallest absolute Gasteiger partial charge is 0.315 e. The van der Waals surface area contributed by atoms with Crippen molar-refractivity contribution in [3.8, 4) is 0 Å². The Hall–Kier alpha value is -1.83. The van der Waals surface area contributed by atoms with Crippen LogP contribution in [0.15, 0.2) is 18.2 Å². The number of nitro groups is 1. The molecular weight excluding hydrogens is 294 g/mol. The van der Waals surface area contributed by atoms with Gasteiger partial charge in [-0.15, -0.1) is 0 Å². The van der Waals surface area contributed by atoms with Crippen molar-refractivity contribution < 1.29 is 13.3 Å². The summed E-state index contributed by atoms with van der Waals surface area (Å²) < 4.78 is 23.3. The van der Waals surface area contributed by atoms with Crippen molar-refractivity contribution >= 4 is 26.9 Å². The lowest BCUT2D eigenvalue weighted by molar-refractivity contribution is -0.383. The van der Waals surface area contributed by atoms with Gasteiger partial charge in [-0.05, 0) is 26.0 Å². The van der Waals surface area contributed by atoms with Gasteiger partial charge >= 0.3 is 5.69 Å². The average Bonchev–Trinajstić information content (AvgIpc) is 2.37. The number of anilines is 2. The molecule has 1 aliphatic rings. The zero-order chi connectivity index (χ0) is 15.6. The van der Waals surface area contributed by atoms with Crippen LogP contribution < -0.4 is 10.2 Å². The normalized spacial score (nSPS) is 21.0. The number of rotatable bonds is 4. The van der Waals surface area contributed by atoms with E-state index in [4.69, 9.17) is 0 Å². The van der Waals surface area contributed by atoms with E-state index in [9.17, 15) is 18.5 Å². The molecule has 8 heteroatoms. The molecule has 0 amide bonds. The Balaban J connectivity index is 2.44. The van der Waals surface area contributed by atoms with Gasteiger partial charge in [0.1, 0.15) is 11.4 Å². The Morgan fingerprint density at radius 1 is 1.48 bits per heavy atom. The van der Waals surface area contributed by atoms with Gasteiger partial charge in [0.15, 0.2) is 9.84 Å². The van der Waals surface area contributed by atoms with Gasteiger partial charge in [0.05, 0.1) is 16.4 Å². The number of nitrogens with zero attached hydrogens (tertiary/aromatic N) is 2. The van der Waals surface area contributed by atoms with E-state index in [0.29, 0.717) is 17.9 Å². The third-order valence-electron chi connectivity index (χ3n) is 3.54. The SMILES string of the molecule is CCNc1cccc(N2CCS(=O)(=O)CC2C)c1[N+](=O)[O-]. The van der Waals surface area contributed by atoms with Crippen LogP contribution in [0.3, 0.4) is 0 Å². The molecule has 1 aromatic carbocycles. The van der Waals surface area contributed by atoms with Crippen LogP contribution in [0.25, 0.3) is 0 Å². The van der Waals surface area contributed by atoms with Gasteiger partial charge in [-0.3, -0.25) is 10.1 Å². The van der Waals surface area contributed by atoms with Gasteiger partial charge in [-0.25, -0.2) is 8.42 Å². The van der Waals surface area contributed by atoms with E-state index in [1.54, 1.807) is 30.0 Å². The van der Waals surface area contributed by atoms with E-state index < -0.39 is 14.8 Å². The molecule has 1 fully saturated rings. The first kappa shape index (κ1) is 15.6. The summed E-state index contributed by atoms with van der Waals surface area (Å²) in [4.78, 5) is 12.8. The van der Waals surface area contributed by atoms with Crippen LogP contribution in [0.2, 0.25) is 0 Å². The van der Waals surface area contributed by atoms with Crippen molar-refractivity contribution in [2.45, 2.75) is 19.9 Å². The summed E-state index contributed by atoms with van der Waals surface area (Å²) in [6.45, 7) is 4.50. The maximum absolute atomic E-state index is 11.7. The van der Waals surface area contributed by atoms with Gasteiger partial charge in [0.2, 0.25) is 0 Å². The second-order valence-corrected chi connectivity index (χ2v) is 7.35. The third-order valence-corrected chi connectivity index (χ3v) is 5.34. The maximum Gasteiger partial charge on any atom is 0.315 e. The minimum atomic E-state index is -3.05. The summed E-state index contributed by atoms with van der Waals surface area (Å²) in [5, 5.41) is 14.4. The van der Waals surface area contributed by atoms with Crippen LogP contribution in [0.1, 0.15) is 13.8 Å². The van der Waals surface area contributed by atoms with Crippen LogP contribution in [-0.2, 0) is 9.84 Å². The van der Waals surface area contributed by atoms with Gasteiger partial charge in [-0.2, -0.15) is 0 Å². The number of nitrogens with one attached hydrogen (secondary N) is 1. The van der Waals surface area contributed by atoms with Gasteiger partial charge in [0, 0.05) is 19.1 Å². The molecule has 1 heterocycles. The van der Waals surface area contributed by atoms with Crippen molar-refractivity contribution in [2.24, 2.45) is 0 Å². The highest BCUT2D eigenvalue weighted by atomic mass is 32.2. The van der Waals surface area contributed by atoms with E-state index in [0.717, 1.165) is 0 Å². The number of nitro benzene ring substituents is 1. The molecule has 0 saturated carbocycles. The second kappa shape index (κ2) is 5.88. The second-order valence-electron chi connectivity index (χ2n) is 5.12. The van der Waals surface area contributed by atoms with E-state index >= 15 is 0 Å². The third kappa shape index (κ3) is 3.26. The molecule has 0 aromatic heterocycles. The predicted molar refractivity (Wildman–Crippen MR) is 82.7 cm³/mol. The molecule has 1 N–H and O–H groups in total. The van der Waals surface area contributed by atoms with Gasteiger partial charge in [0.25, 0.3) is 0 Å². The lowest BCUT2D eigenvalue weighted by Crippen LogP contribution is -2.47. The fourth-order valence-corrected chi connectivity index (χ4v) is 4.20. The molecule has 0 spiro atoms. The van der Waals surface area contributed by atoms with Crippen molar-refractivity contribution in [1.82, 2.24) is 0 Å². The number of hydrogen-bond acceptors (Lipinski definition) is 6. The van der Waals surface area contributed by atoms with E-state index in [1.165, 1.54) is 0 Å². The minimum absolute atomic E-state index is 0.00509. The van der Waals surface area contributed by atoms with Gasteiger partial charge in [-0.1, -0.05) is 6.07 Å². The lowest BCUT2D eigenvalue weighted by Gasteiger charge is -2.34. The summed E-state index contributed by atoms with van der Waals surface area (Å²) in [5.74, 6) is 0.0511. The molecule has 7 nitrogen and oxygen atoms in total. The van der Waals surface area contributed by atoms with Crippen molar-refractivity contribution in [1.29, 1.82) is 0 Å². The van der Waals surface area contributed by atoms with Crippen molar-refractivity contribution in [3.05, 3.63) is 28.3 Å². The van der Waals surface area contributed by atoms with Crippen molar-refractivity contribution in [3.63, 3.8) is 0 Å². The Kier molecular flexibility index (Phi) is 4.36. The monoisotopic (exact) mass is 313 g/mol. The quantitative estimate of drug-likeness (QED) is 0.671. The van der Waals surface area contributed by atoms with Gasteiger partial charge < -0.3 is 10.2 Å². The Bertz CT molecular complexity index is 645. The molecular formula is C13H19N3O4S. The average molecular weight is 313 g/mol. The molecule has 1 saturated heterocycles. The summed E-state index contributed by atoms with van der Waals surface area (Å²) in [6.07, 6.45) is 0. The topological polar surface area (TPSA) is 92.6 Å². The lowest BCUT2D eigenvalue weighted by atomic mass is 10.1. The molecule has 2 rings (SSSR count). The highest BCUT2D eigenvalue weighted by Crippen LogP contribution is 2.37. The number of hydrogen-bond donors (Lipinski definition) is 1. The first-order chi connectivity index (χ1) is 9.85. The zero-order valence-electron chi connectivity index (χ0n) is 12.1. The zero-order valence-corrected chi connectivity index (χ0v) is 12.9. The maximum atomic E-state index is 11.7. The molecule has 1 aromatic rings. The summed E-state index contributed by atoms with van der Waals surface area (Å²) >= 11 is 0. The minimum Gasteiger partial charge on any atom is -0.380 e. The molecule has 1 unspecified atom stereocenters. The summed E-state index contributed by atoms with van der Waals surface area (Å²) in [7, 11) is -3.05. The molecule has 116 valence electrons. The fourth-order valence-electron chi connectivity index (χ4n) is 2.64. The fraction of sp³-hybridized carbons (Fsp3) is 0.538. The predicted octanol–water partition coefficient (Wildman–Crippen LogP) is 1.65. The first-order valence-corrected chi connectivity index (χ1v) is 8.66. The first-order valence-electron chi connectivity index (χ1n) is 6.84. The van der Waals surface area contributed by atoms with Crippen LogP contribution in [0, 0.1) is 10.1 Å². The van der Waals surface area contributed by atoms with Crippen LogP contribution in [-0.4, -0.2) is 44.0 Å². The van der Waals surface area contributed by atoms with E-state index in [1.807, 2.05) is 6.92 Å². The number of sulfone groups is 1. The number of para-hydroxylation sites is 1. The van der Waals surface area contributed by atoms with E-state index in [2.05, 4.69) is 5.32 Å². The Morgan fingerprint density at radius 2 is 2.19 bits per heavy atom. The molecule has 1 atom stereocenters. The number of benzene rings is 1. The molecule has 0 aliphatic carbocycles. The molecule has 21 heavy (non-hydrogen) atoms. The summed E-state index contributed by atoms with van der Waals surface area (Å²) in [5.41, 5.74) is 0.937. The Labute approximate surface area is 124 Å². The highest BCUT2D eigenvalue weighted by Gasteiger charge is 2.32. The van der Waals surface area contributed by atoms with Crippen LogP contribution in [0.4, 0.5) is 17.1 Å². The largest absolute Gasteiger partial charge is 0.380 e. The highest BCUT2D eigenvalue weighted by molar-refractivity contribution is 7.91. The molecule has 0 bridgehead atoms. The van der Waals surface area contributed by atoms with Crippen LogP contribution >= 0.6 is 0 Å². The standard InChI is InChI=1S/C13H19N3O4S/c1-3-14-11-5-4-6-12(13(11)16(17)18)15-7-8-21(19,20)9-10(15)2/h4-6,10,14H,3,7-9H2,1-2H3. The van der Waals surface area contributed by atoms with Crippen LogP contribution in [0.5, 0.6) is 0 Å². The van der Waals surface area contributed by atoms with E-state index in [-0.39, 0.29) is 29.8 Å². The van der Waals surface area contributed by atoms with Crippen molar-refractivity contribution in [2.75, 3.05) is 34.8 Å². The molecule has 0 radical (unpaired) electrons. The Morgan fingerprint density at radius 3 is 2.76 bits per heavy atom.